The fourth-order valence-electron chi connectivity index (χ4n) is 1.54. The predicted molar refractivity (Wildman–Crippen MR) is 82.8 cm³/mol. The molecule has 0 radical (unpaired) electrons. The zero-order valence-electron chi connectivity index (χ0n) is 12.1. The first-order chi connectivity index (χ1) is 9.85. The monoisotopic (exact) mass is 332 g/mol. The molecule has 1 aromatic carbocycles. The van der Waals surface area contributed by atoms with E-state index in [4.69, 9.17) is 27.9 Å². The number of rotatable bonds is 6. The van der Waals surface area contributed by atoms with Crippen LogP contribution in [0, 0.1) is 0 Å². The van der Waals surface area contributed by atoms with Gasteiger partial charge < -0.3 is 15.4 Å². The lowest BCUT2D eigenvalue weighted by Crippen LogP contribution is -2.48. The van der Waals surface area contributed by atoms with Crippen molar-refractivity contribution in [3.05, 3.63) is 28.2 Å². The molecular weight excluding hydrogens is 315 g/mol. The number of amides is 2. The Morgan fingerprint density at radius 2 is 1.90 bits per heavy atom. The van der Waals surface area contributed by atoms with E-state index in [9.17, 15) is 9.59 Å². The molecule has 0 aliphatic carbocycles. The highest BCUT2D eigenvalue weighted by molar-refractivity contribution is 6.35. The van der Waals surface area contributed by atoms with E-state index in [1.165, 1.54) is 6.07 Å². The smallest absolute Gasteiger partial charge is 0.261 e. The number of ether oxygens (including phenoxy) is 1. The molecule has 21 heavy (non-hydrogen) atoms. The van der Waals surface area contributed by atoms with Crippen LogP contribution in [0.25, 0.3) is 0 Å². The molecule has 0 bridgehead atoms. The van der Waals surface area contributed by atoms with Gasteiger partial charge in [0.1, 0.15) is 11.8 Å². The Bertz CT molecular complexity index is 523. The van der Waals surface area contributed by atoms with Gasteiger partial charge in [-0.05, 0) is 39.0 Å². The first-order valence-electron chi connectivity index (χ1n) is 6.55. The van der Waals surface area contributed by atoms with Gasteiger partial charge in [0, 0.05) is 11.6 Å². The fourth-order valence-corrected chi connectivity index (χ4v) is 1.99. The van der Waals surface area contributed by atoms with E-state index in [1.807, 2.05) is 0 Å². The zero-order valence-corrected chi connectivity index (χ0v) is 13.6. The number of nitrogens with one attached hydrogen (secondary N) is 2. The Balaban J connectivity index is 2.60. The SMILES string of the molecule is CCNC(=O)C(C)NC(=O)C(C)Oc1ccc(Cl)cc1Cl. The molecule has 2 atom stereocenters. The molecule has 0 spiro atoms. The molecule has 2 unspecified atom stereocenters. The van der Waals surface area contributed by atoms with Crippen molar-refractivity contribution in [3.63, 3.8) is 0 Å². The highest BCUT2D eigenvalue weighted by atomic mass is 35.5. The van der Waals surface area contributed by atoms with E-state index in [-0.39, 0.29) is 5.91 Å². The number of hydrogen-bond donors (Lipinski definition) is 2. The molecule has 5 nitrogen and oxygen atoms in total. The second-order valence-electron chi connectivity index (χ2n) is 4.46. The number of carbonyl (C=O) groups excluding carboxylic acids is 2. The molecule has 1 aromatic rings. The second kappa shape index (κ2) is 8.10. The lowest BCUT2D eigenvalue weighted by molar-refractivity contribution is -0.132. The van der Waals surface area contributed by atoms with Crippen molar-refractivity contribution in [1.82, 2.24) is 10.6 Å². The van der Waals surface area contributed by atoms with Gasteiger partial charge in [0.05, 0.1) is 5.02 Å². The number of hydrogen-bond acceptors (Lipinski definition) is 3. The molecule has 0 heterocycles. The summed E-state index contributed by atoms with van der Waals surface area (Å²) >= 11 is 11.8. The van der Waals surface area contributed by atoms with Gasteiger partial charge in [0.15, 0.2) is 6.10 Å². The number of carbonyl (C=O) groups is 2. The molecule has 0 saturated carbocycles. The van der Waals surface area contributed by atoms with Crippen LogP contribution in [0.4, 0.5) is 0 Å². The van der Waals surface area contributed by atoms with Crippen molar-refractivity contribution in [3.8, 4) is 5.75 Å². The molecule has 7 heteroatoms. The zero-order chi connectivity index (χ0) is 16.0. The van der Waals surface area contributed by atoms with E-state index < -0.39 is 18.1 Å². The minimum Gasteiger partial charge on any atom is -0.479 e. The van der Waals surface area contributed by atoms with E-state index >= 15 is 0 Å². The summed E-state index contributed by atoms with van der Waals surface area (Å²) in [5.74, 6) is -0.295. The summed E-state index contributed by atoms with van der Waals surface area (Å²) < 4.78 is 5.47. The Morgan fingerprint density at radius 1 is 1.24 bits per heavy atom. The summed E-state index contributed by atoms with van der Waals surface area (Å²) in [5, 5.41) is 5.99. The summed E-state index contributed by atoms with van der Waals surface area (Å²) in [6.45, 7) is 5.49. The van der Waals surface area contributed by atoms with Crippen LogP contribution in [0.1, 0.15) is 20.8 Å². The first kappa shape index (κ1) is 17.6. The van der Waals surface area contributed by atoms with Crippen molar-refractivity contribution < 1.29 is 14.3 Å². The first-order valence-corrected chi connectivity index (χ1v) is 7.30. The van der Waals surface area contributed by atoms with E-state index in [2.05, 4.69) is 10.6 Å². The van der Waals surface area contributed by atoms with Gasteiger partial charge >= 0.3 is 0 Å². The number of benzene rings is 1. The van der Waals surface area contributed by atoms with Crippen LogP contribution in [-0.2, 0) is 9.59 Å². The van der Waals surface area contributed by atoms with Crippen LogP contribution in [-0.4, -0.2) is 30.5 Å². The van der Waals surface area contributed by atoms with E-state index in [0.717, 1.165) is 0 Å². The second-order valence-corrected chi connectivity index (χ2v) is 5.30. The average molecular weight is 333 g/mol. The topological polar surface area (TPSA) is 67.4 Å². The summed E-state index contributed by atoms with van der Waals surface area (Å²) in [4.78, 5) is 23.5. The van der Waals surface area contributed by atoms with Crippen LogP contribution in [0.2, 0.25) is 10.0 Å². The quantitative estimate of drug-likeness (QED) is 0.840. The van der Waals surface area contributed by atoms with Gasteiger partial charge in [-0.3, -0.25) is 9.59 Å². The Hall–Kier alpha value is -1.46. The third-order valence-electron chi connectivity index (χ3n) is 2.67. The highest BCUT2D eigenvalue weighted by Crippen LogP contribution is 2.28. The third-order valence-corrected chi connectivity index (χ3v) is 3.20. The maximum Gasteiger partial charge on any atom is 0.261 e. The van der Waals surface area contributed by atoms with Crippen molar-refractivity contribution in [2.45, 2.75) is 32.9 Å². The van der Waals surface area contributed by atoms with Gasteiger partial charge in [-0.1, -0.05) is 23.2 Å². The number of halogens is 2. The highest BCUT2D eigenvalue weighted by Gasteiger charge is 2.21. The standard InChI is InChI=1S/C14H18Cl2N2O3/c1-4-17-13(19)8(2)18-14(20)9(3)21-12-6-5-10(15)7-11(12)16/h5-9H,4H2,1-3H3,(H,17,19)(H,18,20). The normalized spacial score (nSPS) is 13.2. The minimum absolute atomic E-state index is 0.248. The molecule has 2 amide bonds. The average Bonchev–Trinajstić information content (AvgIpc) is 2.41. The molecular formula is C14H18Cl2N2O3. The fraction of sp³-hybridized carbons (Fsp3) is 0.429. The van der Waals surface area contributed by atoms with Gasteiger partial charge in [-0.15, -0.1) is 0 Å². The Morgan fingerprint density at radius 3 is 2.48 bits per heavy atom. The van der Waals surface area contributed by atoms with Gasteiger partial charge in [0.25, 0.3) is 5.91 Å². The number of likely N-dealkylation sites (N-methyl/N-ethyl adjacent to an activating group) is 1. The van der Waals surface area contributed by atoms with Crippen LogP contribution >= 0.6 is 23.2 Å². The van der Waals surface area contributed by atoms with E-state index in [1.54, 1.807) is 32.9 Å². The maximum absolute atomic E-state index is 12.0. The summed E-state index contributed by atoms with van der Waals surface area (Å²) in [7, 11) is 0. The van der Waals surface area contributed by atoms with Crippen LogP contribution in [0.15, 0.2) is 18.2 Å². The molecule has 1 rings (SSSR count). The Kier molecular flexibility index (Phi) is 6.78. The molecule has 116 valence electrons. The van der Waals surface area contributed by atoms with Crippen molar-refractivity contribution in [2.75, 3.05) is 6.54 Å². The van der Waals surface area contributed by atoms with Crippen LogP contribution in [0.5, 0.6) is 5.75 Å². The van der Waals surface area contributed by atoms with Crippen LogP contribution < -0.4 is 15.4 Å². The largest absolute Gasteiger partial charge is 0.479 e. The molecule has 0 aliphatic heterocycles. The van der Waals surface area contributed by atoms with Gasteiger partial charge in [-0.2, -0.15) is 0 Å². The molecule has 0 aliphatic rings. The minimum atomic E-state index is -0.791. The van der Waals surface area contributed by atoms with Gasteiger partial charge in [0.2, 0.25) is 5.91 Å². The van der Waals surface area contributed by atoms with Gasteiger partial charge in [-0.25, -0.2) is 0 Å². The summed E-state index contributed by atoms with van der Waals surface area (Å²) in [6, 6.07) is 4.09. The van der Waals surface area contributed by atoms with Crippen molar-refractivity contribution >= 4 is 35.0 Å². The third kappa shape index (κ3) is 5.44. The lowest BCUT2D eigenvalue weighted by Gasteiger charge is -2.18. The Labute approximate surface area is 133 Å². The van der Waals surface area contributed by atoms with Crippen LogP contribution in [0.3, 0.4) is 0 Å². The maximum atomic E-state index is 12.0. The lowest BCUT2D eigenvalue weighted by atomic mass is 10.2. The molecule has 0 aromatic heterocycles. The van der Waals surface area contributed by atoms with Crippen molar-refractivity contribution in [2.24, 2.45) is 0 Å². The van der Waals surface area contributed by atoms with Crippen molar-refractivity contribution in [1.29, 1.82) is 0 Å². The summed E-state index contributed by atoms with van der Waals surface area (Å²) in [5.41, 5.74) is 0. The van der Waals surface area contributed by atoms with E-state index in [0.29, 0.717) is 22.3 Å². The molecule has 2 N–H and O–H groups in total. The molecule has 0 fully saturated rings. The summed E-state index contributed by atoms with van der Waals surface area (Å²) in [6.07, 6.45) is -0.791. The molecule has 0 saturated heterocycles. The predicted octanol–water partition coefficient (Wildman–Crippen LogP) is 2.40.